The largest absolute Gasteiger partial charge is 0.497 e. The number of ether oxygens (including phenoxy) is 1. The molecule has 2 aromatic carbocycles. The fourth-order valence-electron chi connectivity index (χ4n) is 1.88. The molecule has 0 radical (unpaired) electrons. The van der Waals surface area contributed by atoms with E-state index in [4.69, 9.17) is 27.9 Å². The summed E-state index contributed by atoms with van der Waals surface area (Å²) in [6.07, 6.45) is -0.819. The third-order valence-electron chi connectivity index (χ3n) is 3.13. The van der Waals surface area contributed by atoms with Gasteiger partial charge in [-0.25, -0.2) is 4.79 Å². The highest BCUT2D eigenvalue weighted by atomic mass is 35.5. The quantitative estimate of drug-likeness (QED) is 0.763. The van der Waals surface area contributed by atoms with E-state index in [1.807, 2.05) is 0 Å². The minimum Gasteiger partial charge on any atom is -0.497 e. The van der Waals surface area contributed by atoms with Crippen molar-refractivity contribution >= 4 is 34.9 Å². The summed E-state index contributed by atoms with van der Waals surface area (Å²) in [5.74, 6) is 0.700. The first-order chi connectivity index (χ1) is 11.0. The van der Waals surface area contributed by atoms with Gasteiger partial charge in [0.2, 0.25) is 0 Å². The first-order valence-corrected chi connectivity index (χ1v) is 7.57. The van der Waals surface area contributed by atoms with Gasteiger partial charge in [-0.3, -0.25) is 0 Å². The van der Waals surface area contributed by atoms with Crippen molar-refractivity contribution < 1.29 is 14.6 Å². The molecule has 122 valence electrons. The number of amides is 2. The normalized spacial score (nSPS) is 11.7. The molecule has 0 aliphatic rings. The van der Waals surface area contributed by atoms with Crippen molar-refractivity contribution in [1.82, 2.24) is 5.32 Å². The van der Waals surface area contributed by atoms with E-state index < -0.39 is 12.1 Å². The number of aliphatic hydroxyl groups is 1. The fourth-order valence-corrected chi connectivity index (χ4v) is 2.18. The number of rotatable bonds is 5. The zero-order valence-corrected chi connectivity index (χ0v) is 13.9. The molecule has 2 rings (SSSR count). The third-order valence-corrected chi connectivity index (χ3v) is 3.87. The number of hydrogen-bond acceptors (Lipinski definition) is 3. The number of hydrogen-bond donors (Lipinski definition) is 3. The number of methoxy groups -OCH3 is 1. The van der Waals surface area contributed by atoms with E-state index in [9.17, 15) is 9.90 Å². The Bertz CT molecular complexity index is 678. The van der Waals surface area contributed by atoms with Gasteiger partial charge in [0.05, 0.1) is 23.3 Å². The molecular weight excluding hydrogens is 339 g/mol. The summed E-state index contributed by atoms with van der Waals surface area (Å²) in [5.41, 5.74) is 1.19. The van der Waals surface area contributed by atoms with Crippen LogP contribution in [0.2, 0.25) is 10.0 Å². The molecule has 5 nitrogen and oxygen atoms in total. The van der Waals surface area contributed by atoms with E-state index >= 15 is 0 Å². The van der Waals surface area contributed by atoms with E-state index in [-0.39, 0.29) is 6.54 Å². The minimum atomic E-state index is -0.819. The van der Waals surface area contributed by atoms with Gasteiger partial charge in [-0.05, 0) is 35.9 Å². The van der Waals surface area contributed by atoms with Crippen molar-refractivity contribution in [1.29, 1.82) is 0 Å². The highest BCUT2D eigenvalue weighted by Gasteiger charge is 2.10. The van der Waals surface area contributed by atoms with Gasteiger partial charge in [-0.15, -0.1) is 0 Å². The van der Waals surface area contributed by atoms with Crippen LogP contribution in [0.1, 0.15) is 11.7 Å². The number of halogens is 2. The summed E-state index contributed by atoms with van der Waals surface area (Å²) in [6, 6.07) is 11.3. The molecule has 2 amide bonds. The van der Waals surface area contributed by atoms with Gasteiger partial charge in [0.1, 0.15) is 5.75 Å². The van der Waals surface area contributed by atoms with Gasteiger partial charge in [0, 0.05) is 12.2 Å². The number of aliphatic hydroxyl groups excluding tert-OH is 1. The lowest BCUT2D eigenvalue weighted by Crippen LogP contribution is -2.32. The van der Waals surface area contributed by atoms with Crippen LogP contribution in [0.5, 0.6) is 5.75 Å². The molecule has 23 heavy (non-hydrogen) atoms. The van der Waals surface area contributed by atoms with Gasteiger partial charge < -0.3 is 20.5 Å². The Kier molecular flexibility index (Phi) is 6.10. The molecule has 2 aromatic rings. The van der Waals surface area contributed by atoms with Crippen LogP contribution in [0, 0.1) is 0 Å². The first-order valence-electron chi connectivity index (χ1n) is 6.81. The monoisotopic (exact) mass is 354 g/mol. The predicted octanol–water partition coefficient (Wildman–Crippen LogP) is 3.86. The summed E-state index contributed by atoms with van der Waals surface area (Å²) >= 11 is 11.7. The number of benzene rings is 2. The average molecular weight is 355 g/mol. The summed E-state index contributed by atoms with van der Waals surface area (Å²) in [7, 11) is 1.57. The fraction of sp³-hybridized carbons (Fsp3) is 0.188. The summed E-state index contributed by atoms with van der Waals surface area (Å²) < 4.78 is 5.05. The van der Waals surface area contributed by atoms with E-state index in [1.54, 1.807) is 49.6 Å². The molecule has 0 heterocycles. The second-order valence-electron chi connectivity index (χ2n) is 4.75. The molecule has 7 heteroatoms. The van der Waals surface area contributed by atoms with Crippen LogP contribution < -0.4 is 15.4 Å². The highest BCUT2D eigenvalue weighted by Crippen LogP contribution is 2.25. The first kappa shape index (κ1) is 17.4. The molecular formula is C16H16Cl2N2O3. The molecule has 0 spiro atoms. The van der Waals surface area contributed by atoms with Crippen molar-refractivity contribution in [2.75, 3.05) is 19.0 Å². The average Bonchev–Trinajstić information content (AvgIpc) is 2.56. The predicted molar refractivity (Wildman–Crippen MR) is 91.4 cm³/mol. The van der Waals surface area contributed by atoms with Crippen LogP contribution >= 0.6 is 23.2 Å². The molecule has 0 aliphatic carbocycles. The molecule has 0 fully saturated rings. The van der Waals surface area contributed by atoms with Crippen molar-refractivity contribution in [3.05, 3.63) is 58.1 Å². The van der Waals surface area contributed by atoms with Crippen LogP contribution in [0.3, 0.4) is 0 Å². The van der Waals surface area contributed by atoms with Gasteiger partial charge >= 0.3 is 6.03 Å². The lowest BCUT2D eigenvalue weighted by atomic mass is 10.1. The number of carbonyl (C=O) groups excluding carboxylic acids is 1. The van der Waals surface area contributed by atoms with Gasteiger partial charge in [-0.2, -0.15) is 0 Å². The summed E-state index contributed by atoms with van der Waals surface area (Å²) in [6.45, 7) is 0.0689. The molecule has 3 N–H and O–H groups in total. The summed E-state index contributed by atoms with van der Waals surface area (Å²) in [5, 5.41) is 16.0. The maximum Gasteiger partial charge on any atom is 0.319 e. The van der Waals surface area contributed by atoms with E-state index in [1.165, 1.54) is 0 Å². The standard InChI is InChI=1S/C16H16Cl2N2O3/c1-23-12-5-2-10(3-6-12)15(21)9-19-16(22)20-11-4-7-13(17)14(18)8-11/h2-8,15,21H,9H2,1H3,(H2,19,20,22). The lowest BCUT2D eigenvalue weighted by Gasteiger charge is -2.13. The van der Waals surface area contributed by atoms with Crippen molar-refractivity contribution in [2.24, 2.45) is 0 Å². The Labute approximate surface area is 144 Å². The Morgan fingerprint density at radius 1 is 1.17 bits per heavy atom. The third kappa shape index (κ3) is 5.03. The zero-order valence-electron chi connectivity index (χ0n) is 12.3. The highest BCUT2D eigenvalue weighted by molar-refractivity contribution is 6.42. The number of urea groups is 1. The number of nitrogens with one attached hydrogen (secondary N) is 2. The van der Waals surface area contributed by atoms with Gasteiger partial charge in [-0.1, -0.05) is 35.3 Å². The van der Waals surface area contributed by atoms with Gasteiger partial charge in [0.25, 0.3) is 0 Å². The smallest absolute Gasteiger partial charge is 0.319 e. The molecule has 0 aromatic heterocycles. The van der Waals surface area contributed by atoms with E-state index in [0.717, 1.165) is 0 Å². The van der Waals surface area contributed by atoms with Crippen molar-refractivity contribution in [2.45, 2.75) is 6.10 Å². The van der Waals surface area contributed by atoms with Crippen molar-refractivity contribution in [3.63, 3.8) is 0 Å². The maximum absolute atomic E-state index is 11.8. The minimum absolute atomic E-state index is 0.0689. The number of anilines is 1. The Balaban J connectivity index is 1.86. The van der Waals surface area contributed by atoms with Crippen LogP contribution in [0.4, 0.5) is 10.5 Å². The molecule has 0 bridgehead atoms. The topological polar surface area (TPSA) is 70.6 Å². The second kappa shape index (κ2) is 8.06. The van der Waals surface area contributed by atoms with Crippen LogP contribution in [-0.4, -0.2) is 24.8 Å². The van der Waals surface area contributed by atoms with Crippen molar-refractivity contribution in [3.8, 4) is 5.75 Å². The molecule has 1 atom stereocenters. The van der Waals surface area contributed by atoms with E-state index in [0.29, 0.717) is 27.0 Å². The van der Waals surface area contributed by atoms with E-state index in [2.05, 4.69) is 10.6 Å². The van der Waals surface area contributed by atoms with Crippen LogP contribution in [0.25, 0.3) is 0 Å². The van der Waals surface area contributed by atoms with Crippen LogP contribution in [0.15, 0.2) is 42.5 Å². The Hall–Kier alpha value is -1.95. The maximum atomic E-state index is 11.8. The van der Waals surface area contributed by atoms with Crippen LogP contribution in [-0.2, 0) is 0 Å². The summed E-state index contributed by atoms with van der Waals surface area (Å²) in [4.78, 5) is 11.8. The Morgan fingerprint density at radius 2 is 1.87 bits per heavy atom. The second-order valence-corrected chi connectivity index (χ2v) is 5.57. The SMILES string of the molecule is COc1ccc(C(O)CNC(=O)Nc2ccc(Cl)c(Cl)c2)cc1. The number of carbonyl (C=O) groups is 1. The molecule has 0 saturated heterocycles. The lowest BCUT2D eigenvalue weighted by molar-refractivity contribution is 0.175. The Morgan fingerprint density at radius 3 is 2.48 bits per heavy atom. The molecule has 0 saturated carbocycles. The molecule has 1 unspecified atom stereocenters. The zero-order chi connectivity index (χ0) is 16.8. The molecule has 0 aliphatic heterocycles. The van der Waals surface area contributed by atoms with Gasteiger partial charge in [0.15, 0.2) is 0 Å².